The molecule has 0 aliphatic carbocycles. The average molecular weight is 420 g/mol. The molecular weight excluding hydrogens is 394 g/mol. The number of hydrogen-bond donors (Lipinski definition) is 0. The zero-order valence-corrected chi connectivity index (χ0v) is 18.3. The van der Waals surface area contributed by atoms with Crippen molar-refractivity contribution in [2.75, 3.05) is 12.8 Å². The van der Waals surface area contributed by atoms with Gasteiger partial charge in [-0.3, -0.25) is 4.79 Å². The first-order chi connectivity index (χ1) is 14.2. The van der Waals surface area contributed by atoms with Crippen LogP contribution >= 0.6 is 0 Å². The lowest BCUT2D eigenvalue weighted by molar-refractivity contribution is 0.0734. The molecule has 30 heavy (non-hydrogen) atoms. The molecule has 0 fully saturated rings. The van der Waals surface area contributed by atoms with Gasteiger partial charge in [-0.15, -0.1) is 0 Å². The Morgan fingerprint density at radius 3 is 2.20 bits per heavy atom. The minimum atomic E-state index is -3.20. The van der Waals surface area contributed by atoms with Crippen LogP contribution in [0.15, 0.2) is 65.6 Å². The SMILES string of the molecule is Cc1ccc(C(=O)N2CCc3cc(-c4ccc(S(C)(=O)=O)cc4)ccc3C2)cc1C. The van der Waals surface area contributed by atoms with E-state index in [9.17, 15) is 13.2 Å². The predicted octanol–water partition coefficient (Wildman–Crippen LogP) is 4.57. The standard InChI is InChI=1S/C25H25NO3S/c1-17-4-5-22(14-18(17)2)25(27)26-13-12-21-15-20(6-7-23(21)16-26)19-8-10-24(11-9-19)30(3,28)29/h4-11,14-15H,12-13,16H2,1-3H3. The summed E-state index contributed by atoms with van der Waals surface area (Å²) >= 11 is 0. The van der Waals surface area contributed by atoms with Crippen molar-refractivity contribution in [2.24, 2.45) is 0 Å². The minimum Gasteiger partial charge on any atom is -0.334 e. The molecule has 0 atom stereocenters. The van der Waals surface area contributed by atoms with Gasteiger partial charge in [-0.05, 0) is 77.9 Å². The lowest BCUT2D eigenvalue weighted by Crippen LogP contribution is -2.36. The number of nitrogens with zero attached hydrogens (tertiary/aromatic N) is 1. The fourth-order valence-corrected chi connectivity index (χ4v) is 4.49. The van der Waals surface area contributed by atoms with Crippen molar-refractivity contribution in [3.05, 3.63) is 88.5 Å². The summed E-state index contributed by atoms with van der Waals surface area (Å²) in [5.74, 6) is 0.0733. The fraction of sp³-hybridized carbons (Fsp3) is 0.240. The van der Waals surface area contributed by atoms with Crippen molar-refractivity contribution in [1.29, 1.82) is 0 Å². The van der Waals surface area contributed by atoms with Gasteiger partial charge in [0.25, 0.3) is 5.91 Å². The van der Waals surface area contributed by atoms with E-state index in [0.717, 1.165) is 34.2 Å². The van der Waals surface area contributed by atoms with Gasteiger partial charge in [-0.1, -0.05) is 36.4 Å². The largest absolute Gasteiger partial charge is 0.334 e. The molecule has 4 nitrogen and oxygen atoms in total. The van der Waals surface area contributed by atoms with E-state index in [1.807, 2.05) is 55.1 Å². The first-order valence-electron chi connectivity index (χ1n) is 10.0. The van der Waals surface area contributed by atoms with E-state index >= 15 is 0 Å². The van der Waals surface area contributed by atoms with Gasteiger partial charge < -0.3 is 4.90 Å². The molecule has 0 saturated carbocycles. The highest BCUT2D eigenvalue weighted by molar-refractivity contribution is 7.90. The summed E-state index contributed by atoms with van der Waals surface area (Å²) in [4.78, 5) is 15.2. The Morgan fingerprint density at radius 2 is 1.53 bits per heavy atom. The third-order valence-electron chi connectivity index (χ3n) is 5.88. The molecule has 0 aromatic heterocycles. The summed E-state index contributed by atoms with van der Waals surface area (Å²) in [6, 6.07) is 19.1. The summed E-state index contributed by atoms with van der Waals surface area (Å²) in [7, 11) is -3.20. The second kappa shape index (κ2) is 7.73. The maximum absolute atomic E-state index is 13.0. The molecule has 0 radical (unpaired) electrons. The summed E-state index contributed by atoms with van der Waals surface area (Å²) in [5, 5.41) is 0. The molecule has 4 rings (SSSR count). The summed E-state index contributed by atoms with van der Waals surface area (Å²) in [6.45, 7) is 5.37. The van der Waals surface area contributed by atoms with Gasteiger partial charge in [0.15, 0.2) is 9.84 Å². The van der Waals surface area contributed by atoms with Gasteiger partial charge in [0.2, 0.25) is 0 Å². The van der Waals surface area contributed by atoms with Crippen LogP contribution in [0.2, 0.25) is 0 Å². The minimum absolute atomic E-state index is 0.0733. The number of amides is 1. The number of hydrogen-bond acceptors (Lipinski definition) is 3. The molecule has 0 spiro atoms. The second-order valence-electron chi connectivity index (χ2n) is 8.06. The zero-order valence-electron chi connectivity index (χ0n) is 17.5. The van der Waals surface area contributed by atoms with Crippen LogP contribution in [0.25, 0.3) is 11.1 Å². The zero-order chi connectivity index (χ0) is 21.5. The van der Waals surface area contributed by atoms with Gasteiger partial charge in [-0.25, -0.2) is 8.42 Å². The maximum atomic E-state index is 13.0. The van der Waals surface area contributed by atoms with Crippen LogP contribution in [0, 0.1) is 13.8 Å². The van der Waals surface area contributed by atoms with E-state index in [1.54, 1.807) is 12.1 Å². The van der Waals surface area contributed by atoms with Crippen molar-refractivity contribution in [3.8, 4) is 11.1 Å². The summed E-state index contributed by atoms with van der Waals surface area (Å²) in [6.07, 6.45) is 2.02. The van der Waals surface area contributed by atoms with Gasteiger partial charge in [0.05, 0.1) is 4.90 Å². The van der Waals surface area contributed by atoms with Crippen LogP contribution in [-0.2, 0) is 22.8 Å². The molecule has 0 unspecified atom stereocenters. The molecule has 0 bridgehead atoms. The molecule has 1 amide bonds. The van der Waals surface area contributed by atoms with Crippen LogP contribution in [0.4, 0.5) is 0 Å². The lowest BCUT2D eigenvalue weighted by atomic mass is 9.94. The first-order valence-corrected chi connectivity index (χ1v) is 11.9. The number of sulfone groups is 1. The van der Waals surface area contributed by atoms with Gasteiger partial charge >= 0.3 is 0 Å². The number of carbonyl (C=O) groups excluding carboxylic acids is 1. The Kier molecular flexibility index (Phi) is 5.24. The van der Waals surface area contributed by atoms with Crippen molar-refractivity contribution in [1.82, 2.24) is 4.90 Å². The fourth-order valence-electron chi connectivity index (χ4n) is 3.86. The molecule has 1 aliphatic rings. The van der Waals surface area contributed by atoms with Crippen LogP contribution in [0.3, 0.4) is 0 Å². The molecular formula is C25H25NO3S. The van der Waals surface area contributed by atoms with E-state index in [0.29, 0.717) is 18.0 Å². The number of benzene rings is 3. The quantitative estimate of drug-likeness (QED) is 0.625. The van der Waals surface area contributed by atoms with Crippen LogP contribution < -0.4 is 0 Å². The summed E-state index contributed by atoms with van der Waals surface area (Å²) in [5.41, 5.74) is 7.50. The third kappa shape index (κ3) is 4.03. The molecule has 3 aromatic carbocycles. The molecule has 154 valence electrons. The Labute approximate surface area is 178 Å². The molecule has 1 heterocycles. The van der Waals surface area contributed by atoms with E-state index in [-0.39, 0.29) is 5.91 Å². The van der Waals surface area contributed by atoms with E-state index in [2.05, 4.69) is 12.1 Å². The van der Waals surface area contributed by atoms with Crippen molar-refractivity contribution >= 4 is 15.7 Å². The molecule has 0 saturated heterocycles. The number of rotatable bonds is 3. The Balaban J connectivity index is 1.54. The third-order valence-corrected chi connectivity index (χ3v) is 7.00. The van der Waals surface area contributed by atoms with E-state index in [4.69, 9.17) is 0 Å². The predicted molar refractivity (Wildman–Crippen MR) is 119 cm³/mol. The smallest absolute Gasteiger partial charge is 0.254 e. The highest BCUT2D eigenvalue weighted by atomic mass is 32.2. The first kappa shape index (κ1) is 20.4. The van der Waals surface area contributed by atoms with Crippen molar-refractivity contribution in [2.45, 2.75) is 31.7 Å². The Bertz CT molecular complexity index is 1230. The van der Waals surface area contributed by atoms with Gasteiger partial charge in [0, 0.05) is 24.9 Å². The number of fused-ring (bicyclic) bond motifs is 1. The summed E-state index contributed by atoms with van der Waals surface area (Å²) < 4.78 is 23.3. The van der Waals surface area contributed by atoms with Gasteiger partial charge in [0.1, 0.15) is 0 Å². The van der Waals surface area contributed by atoms with E-state index < -0.39 is 9.84 Å². The number of aryl methyl sites for hydroxylation is 2. The molecule has 3 aromatic rings. The average Bonchev–Trinajstić information content (AvgIpc) is 2.74. The highest BCUT2D eigenvalue weighted by Gasteiger charge is 2.22. The van der Waals surface area contributed by atoms with E-state index in [1.165, 1.54) is 17.4 Å². The lowest BCUT2D eigenvalue weighted by Gasteiger charge is -2.29. The monoisotopic (exact) mass is 419 g/mol. The highest BCUT2D eigenvalue weighted by Crippen LogP contribution is 2.28. The van der Waals surface area contributed by atoms with Crippen molar-refractivity contribution < 1.29 is 13.2 Å². The second-order valence-corrected chi connectivity index (χ2v) is 10.1. The van der Waals surface area contributed by atoms with Gasteiger partial charge in [-0.2, -0.15) is 0 Å². The Morgan fingerprint density at radius 1 is 0.833 bits per heavy atom. The number of carbonyl (C=O) groups is 1. The molecule has 0 N–H and O–H groups in total. The van der Waals surface area contributed by atoms with Crippen molar-refractivity contribution in [3.63, 3.8) is 0 Å². The van der Waals surface area contributed by atoms with Crippen LogP contribution in [0.5, 0.6) is 0 Å². The normalized spacial score (nSPS) is 13.8. The van der Waals surface area contributed by atoms with Crippen LogP contribution in [0.1, 0.15) is 32.6 Å². The Hall–Kier alpha value is -2.92. The topological polar surface area (TPSA) is 54.5 Å². The van der Waals surface area contributed by atoms with Crippen LogP contribution in [-0.4, -0.2) is 32.0 Å². The molecule has 5 heteroatoms. The molecule has 1 aliphatic heterocycles. The maximum Gasteiger partial charge on any atom is 0.254 e.